The van der Waals surface area contributed by atoms with Gasteiger partial charge in [0, 0.05) is 37.7 Å². The van der Waals surface area contributed by atoms with Gasteiger partial charge in [0.25, 0.3) is 0 Å². The van der Waals surface area contributed by atoms with E-state index in [2.05, 4.69) is 35.3 Å². The van der Waals surface area contributed by atoms with E-state index in [1.54, 1.807) is 0 Å². The molecule has 2 aromatic heterocycles. The van der Waals surface area contributed by atoms with Crippen LogP contribution in [0.4, 0.5) is 0 Å². The lowest BCUT2D eigenvalue weighted by Crippen LogP contribution is -2.20. The van der Waals surface area contributed by atoms with E-state index in [1.807, 2.05) is 35.4 Å². The largest absolute Gasteiger partial charge is 0.305 e. The maximum atomic E-state index is 4.25. The Hall–Kier alpha value is -1.68. The smallest absolute Gasteiger partial charge is 0.0522 e. The Kier molecular flexibility index (Phi) is 3.88. The summed E-state index contributed by atoms with van der Waals surface area (Å²) in [6, 6.07) is 6.44. The fourth-order valence-electron chi connectivity index (χ4n) is 1.82. The molecule has 17 heavy (non-hydrogen) atoms. The van der Waals surface area contributed by atoms with Gasteiger partial charge in [-0.1, -0.05) is 0 Å². The maximum absolute atomic E-state index is 4.25. The van der Waals surface area contributed by atoms with Gasteiger partial charge in [-0.3, -0.25) is 9.67 Å². The molecule has 4 heteroatoms. The van der Waals surface area contributed by atoms with Crippen molar-refractivity contribution >= 4 is 0 Å². The van der Waals surface area contributed by atoms with Crippen molar-refractivity contribution in [3.8, 4) is 0 Å². The molecule has 2 aromatic rings. The number of aryl methyl sites for hydroxylation is 1. The monoisotopic (exact) mass is 230 g/mol. The first-order valence-electron chi connectivity index (χ1n) is 5.95. The van der Waals surface area contributed by atoms with Crippen LogP contribution < -0.4 is 5.32 Å². The van der Waals surface area contributed by atoms with Gasteiger partial charge in [0.2, 0.25) is 0 Å². The molecular weight excluding hydrogens is 212 g/mol. The number of nitrogens with one attached hydrogen (secondary N) is 1. The van der Waals surface area contributed by atoms with E-state index in [-0.39, 0.29) is 0 Å². The molecule has 0 saturated carbocycles. The number of pyridine rings is 1. The second-order valence-electron chi connectivity index (χ2n) is 4.02. The van der Waals surface area contributed by atoms with Crippen LogP contribution in [0.2, 0.25) is 0 Å². The summed E-state index contributed by atoms with van der Waals surface area (Å²) < 4.78 is 2.01. The molecule has 0 saturated heterocycles. The molecule has 1 N–H and O–H groups in total. The predicted octanol–water partition coefficient (Wildman–Crippen LogP) is 2.15. The zero-order chi connectivity index (χ0) is 12.1. The average molecular weight is 230 g/mol. The van der Waals surface area contributed by atoms with E-state index < -0.39 is 0 Å². The topological polar surface area (TPSA) is 42.7 Å². The van der Waals surface area contributed by atoms with Crippen molar-refractivity contribution in [2.75, 3.05) is 0 Å². The Morgan fingerprint density at radius 1 is 1.24 bits per heavy atom. The lowest BCUT2D eigenvalue weighted by molar-refractivity contribution is 0.531. The Labute approximate surface area is 102 Å². The molecule has 0 aliphatic rings. The summed E-state index contributed by atoms with van der Waals surface area (Å²) in [7, 11) is 0. The molecular formula is C13H18N4. The molecule has 0 spiro atoms. The summed E-state index contributed by atoms with van der Waals surface area (Å²) in [5.41, 5.74) is 2.47. The molecule has 0 radical (unpaired) electrons. The van der Waals surface area contributed by atoms with Crippen LogP contribution in [0.3, 0.4) is 0 Å². The third kappa shape index (κ3) is 2.91. The minimum Gasteiger partial charge on any atom is -0.305 e. The van der Waals surface area contributed by atoms with Crippen LogP contribution >= 0.6 is 0 Å². The van der Waals surface area contributed by atoms with Gasteiger partial charge in [0.05, 0.1) is 5.69 Å². The normalized spacial score (nSPS) is 12.6. The van der Waals surface area contributed by atoms with Gasteiger partial charge in [-0.25, -0.2) is 0 Å². The lowest BCUT2D eigenvalue weighted by Gasteiger charge is -2.14. The number of hydrogen-bond donors (Lipinski definition) is 1. The van der Waals surface area contributed by atoms with Crippen LogP contribution in [0.5, 0.6) is 0 Å². The van der Waals surface area contributed by atoms with Crippen LogP contribution in [0.1, 0.15) is 31.1 Å². The minimum atomic E-state index is 0.318. The minimum absolute atomic E-state index is 0.318. The zero-order valence-electron chi connectivity index (χ0n) is 10.3. The summed E-state index contributed by atoms with van der Waals surface area (Å²) in [5, 5.41) is 7.74. The number of rotatable bonds is 5. The van der Waals surface area contributed by atoms with E-state index in [0.29, 0.717) is 6.04 Å². The van der Waals surface area contributed by atoms with E-state index in [0.717, 1.165) is 13.1 Å². The summed E-state index contributed by atoms with van der Waals surface area (Å²) in [5.74, 6) is 0. The Morgan fingerprint density at radius 3 is 2.71 bits per heavy atom. The third-order valence-electron chi connectivity index (χ3n) is 2.90. The summed E-state index contributed by atoms with van der Waals surface area (Å²) in [6.45, 7) is 6.00. The molecule has 0 fully saturated rings. The molecule has 1 unspecified atom stereocenters. The van der Waals surface area contributed by atoms with Crippen molar-refractivity contribution in [3.05, 3.63) is 48.0 Å². The van der Waals surface area contributed by atoms with Crippen molar-refractivity contribution in [1.29, 1.82) is 0 Å². The fourth-order valence-corrected chi connectivity index (χ4v) is 1.82. The number of hydrogen-bond acceptors (Lipinski definition) is 3. The number of aromatic nitrogens is 3. The Balaban J connectivity index is 1.95. The summed E-state index contributed by atoms with van der Waals surface area (Å²) >= 11 is 0. The molecule has 2 heterocycles. The van der Waals surface area contributed by atoms with Crippen LogP contribution in [-0.2, 0) is 13.1 Å². The quantitative estimate of drug-likeness (QED) is 0.855. The van der Waals surface area contributed by atoms with E-state index in [9.17, 15) is 0 Å². The maximum Gasteiger partial charge on any atom is 0.0522 e. The molecule has 0 bridgehead atoms. The first kappa shape index (κ1) is 11.8. The molecule has 90 valence electrons. The summed E-state index contributed by atoms with van der Waals surface area (Å²) in [6.07, 6.45) is 5.49. The first-order valence-corrected chi connectivity index (χ1v) is 5.95. The lowest BCUT2D eigenvalue weighted by atomic mass is 10.1. The molecule has 0 amide bonds. The third-order valence-corrected chi connectivity index (χ3v) is 2.90. The highest BCUT2D eigenvalue weighted by Crippen LogP contribution is 2.11. The second-order valence-corrected chi connectivity index (χ2v) is 4.02. The molecule has 4 nitrogen and oxygen atoms in total. The molecule has 0 aliphatic carbocycles. The van der Waals surface area contributed by atoms with Gasteiger partial charge >= 0.3 is 0 Å². The van der Waals surface area contributed by atoms with Crippen molar-refractivity contribution in [2.24, 2.45) is 0 Å². The molecule has 1 atom stereocenters. The Bertz CT molecular complexity index is 449. The fraction of sp³-hybridized carbons (Fsp3) is 0.385. The van der Waals surface area contributed by atoms with Crippen molar-refractivity contribution in [1.82, 2.24) is 20.1 Å². The predicted molar refractivity (Wildman–Crippen MR) is 67.4 cm³/mol. The highest BCUT2D eigenvalue weighted by molar-refractivity contribution is 5.14. The van der Waals surface area contributed by atoms with E-state index in [1.165, 1.54) is 11.3 Å². The Morgan fingerprint density at radius 2 is 2.00 bits per heavy atom. The highest BCUT2D eigenvalue weighted by Gasteiger charge is 2.06. The second kappa shape index (κ2) is 5.59. The zero-order valence-corrected chi connectivity index (χ0v) is 10.3. The SMILES string of the molecule is CCn1nccc1CNC(C)c1ccncc1. The van der Waals surface area contributed by atoms with Crippen LogP contribution in [0, 0.1) is 0 Å². The molecule has 2 rings (SSSR count). The van der Waals surface area contributed by atoms with Gasteiger partial charge in [0.1, 0.15) is 0 Å². The van der Waals surface area contributed by atoms with Gasteiger partial charge < -0.3 is 5.32 Å². The first-order chi connectivity index (χ1) is 8.31. The molecule has 0 aliphatic heterocycles. The van der Waals surface area contributed by atoms with Gasteiger partial charge in [-0.2, -0.15) is 5.10 Å². The van der Waals surface area contributed by atoms with Crippen LogP contribution in [0.15, 0.2) is 36.8 Å². The average Bonchev–Trinajstić information content (AvgIpc) is 2.84. The van der Waals surface area contributed by atoms with Crippen molar-refractivity contribution in [3.63, 3.8) is 0 Å². The summed E-state index contributed by atoms with van der Waals surface area (Å²) in [4.78, 5) is 4.02. The van der Waals surface area contributed by atoms with Gasteiger partial charge in [-0.15, -0.1) is 0 Å². The van der Waals surface area contributed by atoms with Crippen molar-refractivity contribution in [2.45, 2.75) is 33.0 Å². The van der Waals surface area contributed by atoms with Crippen LogP contribution in [-0.4, -0.2) is 14.8 Å². The number of nitrogens with zero attached hydrogens (tertiary/aromatic N) is 3. The van der Waals surface area contributed by atoms with Gasteiger partial charge in [0.15, 0.2) is 0 Å². The highest BCUT2D eigenvalue weighted by atomic mass is 15.3. The van der Waals surface area contributed by atoms with Crippen molar-refractivity contribution < 1.29 is 0 Å². The van der Waals surface area contributed by atoms with Crippen LogP contribution in [0.25, 0.3) is 0 Å². The van der Waals surface area contributed by atoms with E-state index in [4.69, 9.17) is 0 Å². The van der Waals surface area contributed by atoms with Gasteiger partial charge in [-0.05, 0) is 37.6 Å². The standard InChI is InChI=1S/C13H18N4/c1-3-17-13(6-9-16-17)10-15-11(2)12-4-7-14-8-5-12/h4-9,11,15H,3,10H2,1-2H3. The van der Waals surface area contributed by atoms with E-state index >= 15 is 0 Å². The molecule has 0 aromatic carbocycles.